The van der Waals surface area contributed by atoms with E-state index in [4.69, 9.17) is 0 Å². The molecule has 3 N–H and O–H groups in total. The van der Waals surface area contributed by atoms with Crippen LogP contribution in [0.1, 0.15) is 17.2 Å². The zero-order valence-corrected chi connectivity index (χ0v) is 14.8. The highest BCUT2D eigenvalue weighted by Crippen LogP contribution is 2.21. The molecule has 1 amide bonds. The third-order valence-electron chi connectivity index (χ3n) is 3.62. The van der Waals surface area contributed by atoms with Gasteiger partial charge in [0.25, 0.3) is 0 Å². The minimum absolute atomic E-state index is 0.130. The minimum atomic E-state index is -3.59. The first-order valence-corrected chi connectivity index (χ1v) is 8.77. The van der Waals surface area contributed by atoms with Crippen molar-refractivity contribution in [1.82, 2.24) is 19.8 Å². The molecule has 130 valence electrons. The maximum atomic E-state index is 12.5. The van der Waals surface area contributed by atoms with Crippen LogP contribution in [0.5, 0.6) is 0 Å². The van der Waals surface area contributed by atoms with Crippen molar-refractivity contribution in [2.24, 2.45) is 7.05 Å². The average Bonchev–Trinajstić information content (AvgIpc) is 2.96. The van der Waals surface area contributed by atoms with E-state index in [1.54, 1.807) is 50.2 Å². The molecule has 0 fully saturated rings. The standard InChI is InChI=1S/C15H21N5O3S/c1-10-5-6-12(7-13(10)24(22,23)17-3)19-15(21)14(16-2)11-8-18-20(4)9-11/h5-9,14,16-17H,1-4H3,(H,19,21). The number of aryl methyl sites for hydroxylation is 2. The molecule has 2 rings (SSSR count). The minimum Gasteiger partial charge on any atom is -0.324 e. The summed E-state index contributed by atoms with van der Waals surface area (Å²) in [6.07, 6.45) is 3.35. The van der Waals surface area contributed by atoms with Gasteiger partial charge in [-0.3, -0.25) is 9.48 Å². The Morgan fingerprint density at radius 2 is 2.00 bits per heavy atom. The number of nitrogens with one attached hydrogen (secondary N) is 3. The van der Waals surface area contributed by atoms with Gasteiger partial charge in [-0.25, -0.2) is 13.1 Å². The summed E-state index contributed by atoms with van der Waals surface area (Å²) >= 11 is 0. The van der Waals surface area contributed by atoms with Crippen molar-refractivity contribution in [2.45, 2.75) is 17.9 Å². The summed E-state index contributed by atoms with van der Waals surface area (Å²) < 4.78 is 27.9. The van der Waals surface area contributed by atoms with Gasteiger partial charge < -0.3 is 10.6 Å². The first kappa shape index (κ1) is 18.1. The Labute approximate surface area is 141 Å². The molecule has 2 aromatic rings. The maximum absolute atomic E-state index is 12.5. The zero-order valence-electron chi connectivity index (χ0n) is 14.0. The van der Waals surface area contributed by atoms with Crippen LogP contribution in [0.25, 0.3) is 0 Å². The second-order valence-electron chi connectivity index (χ2n) is 5.35. The predicted molar refractivity (Wildman–Crippen MR) is 91.1 cm³/mol. The van der Waals surface area contributed by atoms with Crippen molar-refractivity contribution in [3.05, 3.63) is 41.7 Å². The fraction of sp³-hybridized carbons (Fsp3) is 0.333. The maximum Gasteiger partial charge on any atom is 0.246 e. The highest BCUT2D eigenvalue weighted by Gasteiger charge is 2.21. The summed E-state index contributed by atoms with van der Waals surface area (Å²) in [6, 6.07) is 4.16. The molecule has 0 saturated heterocycles. The first-order valence-electron chi connectivity index (χ1n) is 7.29. The molecule has 0 aliphatic carbocycles. The molecule has 1 heterocycles. The molecule has 1 aromatic carbocycles. The van der Waals surface area contributed by atoms with E-state index in [9.17, 15) is 13.2 Å². The number of sulfonamides is 1. The van der Waals surface area contributed by atoms with Gasteiger partial charge in [0.05, 0.1) is 11.1 Å². The van der Waals surface area contributed by atoms with Gasteiger partial charge in [-0.2, -0.15) is 5.10 Å². The van der Waals surface area contributed by atoms with Crippen molar-refractivity contribution in [3.63, 3.8) is 0 Å². The SMILES string of the molecule is CNC(C(=O)Nc1ccc(C)c(S(=O)(=O)NC)c1)c1cnn(C)c1. The molecular formula is C15H21N5O3S. The van der Waals surface area contributed by atoms with Gasteiger partial charge in [0, 0.05) is 24.5 Å². The molecule has 1 unspecified atom stereocenters. The van der Waals surface area contributed by atoms with Crippen molar-refractivity contribution < 1.29 is 13.2 Å². The van der Waals surface area contributed by atoms with E-state index in [0.29, 0.717) is 16.8 Å². The van der Waals surface area contributed by atoms with E-state index in [2.05, 4.69) is 20.5 Å². The van der Waals surface area contributed by atoms with Gasteiger partial charge in [-0.1, -0.05) is 6.07 Å². The fourth-order valence-corrected chi connectivity index (χ4v) is 3.32. The fourth-order valence-electron chi connectivity index (χ4n) is 2.33. The van der Waals surface area contributed by atoms with Crippen LogP contribution in [0.2, 0.25) is 0 Å². The smallest absolute Gasteiger partial charge is 0.246 e. The number of aromatic nitrogens is 2. The van der Waals surface area contributed by atoms with E-state index >= 15 is 0 Å². The molecule has 24 heavy (non-hydrogen) atoms. The molecule has 8 nitrogen and oxygen atoms in total. The monoisotopic (exact) mass is 351 g/mol. The van der Waals surface area contributed by atoms with Crippen LogP contribution < -0.4 is 15.4 Å². The topological polar surface area (TPSA) is 105 Å². The van der Waals surface area contributed by atoms with E-state index in [0.717, 1.165) is 0 Å². The number of hydrogen-bond acceptors (Lipinski definition) is 5. The highest BCUT2D eigenvalue weighted by atomic mass is 32.2. The van der Waals surface area contributed by atoms with Crippen LogP contribution in [0.3, 0.4) is 0 Å². The first-order chi connectivity index (χ1) is 11.3. The lowest BCUT2D eigenvalue weighted by atomic mass is 10.1. The third kappa shape index (κ3) is 3.81. The Hall–Kier alpha value is -2.23. The van der Waals surface area contributed by atoms with Gasteiger partial charge in [0.15, 0.2) is 0 Å². The van der Waals surface area contributed by atoms with E-state index < -0.39 is 16.1 Å². The van der Waals surface area contributed by atoms with Crippen molar-refractivity contribution in [2.75, 3.05) is 19.4 Å². The molecule has 1 aromatic heterocycles. The summed E-state index contributed by atoms with van der Waals surface area (Å²) in [4.78, 5) is 12.6. The van der Waals surface area contributed by atoms with E-state index in [-0.39, 0.29) is 10.8 Å². The normalized spacial score (nSPS) is 12.8. The van der Waals surface area contributed by atoms with Crippen molar-refractivity contribution >= 4 is 21.6 Å². The number of carbonyl (C=O) groups is 1. The average molecular weight is 351 g/mol. The lowest BCUT2D eigenvalue weighted by Gasteiger charge is -2.15. The van der Waals surface area contributed by atoms with Crippen LogP contribution in [0.4, 0.5) is 5.69 Å². The molecule has 0 bridgehead atoms. The number of likely N-dealkylation sites (N-methyl/N-ethyl adjacent to an activating group) is 1. The second kappa shape index (κ2) is 7.12. The summed E-state index contributed by atoms with van der Waals surface area (Å²) in [6.45, 7) is 1.70. The van der Waals surface area contributed by atoms with Crippen LogP contribution in [-0.4, -0.2) is 38.2 Å². The van der Waals surface area contributed by atoms with Gasteiger partial charge in [0.2, 0.25) is 15.9 Å². The van der Waals surface area contributed by atoms with E-state index in [1.807, 2.05) is 0 Å². The third-order valence-corrected chi connectivity index (χ3v) is 5.18. The lowest BCUT2D eigenvalue weighted by Crippen LogP contribution is -2.30. The quantitative estimate of drug-likeness (QED) is 0.704. The van der Waals surface area contributed by atoms with Crippen molar-refractivity contribution in [1.29, 1.82) is 0 Å². The Morgan fingerprint density at radius 3 is 2.54 bits per heavy atom. The Balaban J connectivity index is 2.27. The lowest BCUT2D eigenvalue weighted by molar-refractivity contribution is -0.118. The van der Waals surface area contributed by atoms with Crippen LogP contribution in [-0.2, 0) is 21.9 Å². The van der Waals surface area contributed by atoms with Gasteiger partial charge in [0.1, 0.15) is 6.04 Å². The van der Waals surface area contributed by atoms with Crippen LogP contribution in [0.15, 0.2) is 35.5 Å². The van der Waals surface area contributed by atoms with E-state index in [1.165, 1.54) is 13.1 Å². The molecule has 0 saturated carbocycles. The van der Waals surface area contributed by atoms with Crippen LogP contribution in [0, 0.1) is 6.92 Å². The zero-order chi connectivity index (χ0) is 17.9. The Bertz CT molecular complexity index is 845. The van der Waals surface area contributed by atoms with Gasteiger partial charge in [-0.05, 0) is 38.7 Å². The molecule has 0 aliphatic heterocycles. The van der Waals surface area contributed by atoms with Crippen LogP contribution >= 0.6 is 0 Å². The summed E-state index contributed by atoms with van der Waals surface area (Å²) in [5.41, 5.74) is 1.72. The largest absolute Gasteiger partial charge is 0.324 e. The number of hydrogen-bond donors (Lipinski definition) is 3. The molecule has 0 spiro atoms. The molecule has 1 atom stereocenters. The summed E-state index contributed by atoms with van der Waals surface area (Å²) in [5.74, 6) is -0.304. The molecule has 9 heteroatoms. The number of anilines is 1. The second-order valence-corrected chi connectivity index (χ2v) is 7.20. The summed E-state index contributed by atoms with van der Waals surface area (Å²) in [5, 5.41) is 9.71. The molecular weight excluding hydrogens is 330 g/mol. The number of nitrogens with zero attached hydrogens (tertiary/aromatic N) is 2. The number of amides is 1. The Kier molecular flexibility index (Phi) is 5.37. The van der Waals surface area contributed by atoms with Gasteiger partial charge >= 0.3 is 0 Å². The number of rotatable bonds is 6. The van der Waals surface area contributed by atoms with Crippen molar-refractivity contribution in [3.8, 4) is 0 Å². The Morgan fingerprint density at radius 1 is 1.29 bits per heavy atom. The number of benzene rings is 1. The molecule has 0 aliphatic rings. The predicted octanol–water partition coefficient (Wildman–Crippen LogP) is 0.536. The highest BCUT2D eigenvalue weighted by molar-refractivity contribution is 7.89. The summed E-state index contributed by atoms with van der Waals surface area (Å²) in [7, 11) is 1.19. The number of carbonyl (C=O) groups excluding carboxylic acids is 1. The van der Waals surface area contributed by atoms with Gasteiger partial charge in [-0.15, -0.1) is 0 Å². The molecule has 0 radical (unpaired) electrons.